The number of rotatable bonds is 7. The van der Waals surface area contributed by atoms with E-state index < -0.39 is 0 Å². The van der Waals surface area contributed by atoms with Crippen LogP contribution in [0.5, 0.6) is 0 Å². The molecule has 3 N–H and O–H groups in total. The quantitative estimate of drug-likeness (QED) is 0.268. The molecule has 1 unspecified atom stereocenters. The molecule has 6 rings (SSSR count). The molecule has 1 aliphatic rings. The molecule has 180 valence electrons. The average molecular weight is 474 g/mol. The zero-order chi connectivity index (χ0) is 24.3. The summed E-state index contributed by atoms with van der Waals surface area (Å²) in [4.78, 5) is 4.36. The minimum absolute atomic E-state index is 0.194. The third kappa shape index (κ3) is 4.37. The molecular weight excluding hydrogens is 442 g/mol. The van der Waals surface area contributed by atoms with Gasteiger partial charge in [-0.1, -0.05) is 91.3 Å². The van der Waals surface area contributed by atoms with Gasteiger partial charge in [-0.05, 0) is 65.5 Å². The van der Waals surface area contributed by atoms with Crippen molar-refractivity contribution in [2.75, 3.05) is 5.73 Å². The first-order valence-electron chi connectivity index (χ1n) is 12.9. The maximum Gasteiger partial charge on any atom is 0.203 e. The van der Waals surface area contributed by atoms with Crippen molar-refractivity contribution in [3.63, 3.8) is 0 Å². The predicted molar refractivity (Wildman–Crippen MR) is 145 cm³/mol. The van der Waals surface area contributed by atoms with Gasteiger partial charge < -0.3 is 5.73 Å². The lowest BCUT2D eigenvalue weighted by atomic mass is 9.72. The van der Waals surface area contributed by atoms with Gasteiger partial charge in [0.1, 0.15) is 11.3 Å². The Balaban J connectivity index is 1.25. The second-order valence-electron chi connectivity index (χ2n) is 9.89. The smallest absolute Gasteiger partial charge is 0.203 e. The molecule has 2 heterocycles. The number of nitrogen functional groups attached to an aromatic ring is 1. The second-order valence-corrected chi connectivity index (χ2v) is 9.89. The Morgan fingerprint density at radius 2 is 1.56 bits per heavy atom. The number of aromatic amines is 1. The molecule has 2 aromatic heterocycles. The van der Waals surface area contributed by atoms with Crippen LogP contribution in [0.1, 0.15) is 77.7 Å². The Hall–Kier alpha value is -3.99. The first-order valence-corrected chi connectivity index (χ1v) is 12.9. The molecule has 0 spiro atoms. The van der Waals surface area contributed by atoms with Crippen LogP contribution in [-0.4, -0.2) is 20.4 Å². The molecule has 5 aromatic rings. The number of nitrogens with one attached hydrogen (secondary N) is 1. The van der Waals surface area contributed by atoms with Crippen molar-refractivity contribution in [1.82, 2.24) is 20.4 Å². The number of anilines is 1. The Kier molecular flexibility index (Phi) is 6.20. The Labute approximate surface area is 211 Å². The fourth-order valence-electron chi connectivity index (χ4n) is 6.11. The maximum atomic E-state index is 6.17. The van der Waals surface area contributed by atoms with Gasteiger partial charge in [-0.15, -0.1) is 5.10 Å². The zero-order valence-corrected chi connectivity index (χ0v) is 20.3. The first-order chi connectivity index (χ1) is 17.8. The molecule has 0 fully saturated rings. The van der Waals surface area contributed by atoms with Gasteiger partial charge in [-0.25, -0.2) is 4.98 Å². The van der Waals surface area contributed by atoms with Crippen molar-refractivity contribution in [1.29, 1.82) is 0 Å². The number of hydrogen-bond donors (Lipinski definition) is 2. The maximum absolute atomic E-state index is 6.17. The normalized spacial score (nSPS) is 18.1. The van der Waals surface area contributed by atoms with Gasteiger partial charge in [-0.2, -0.15) is 10.3 Å². The SMILES string of the molecule is Nc1cc(C(CCC[C@H]2CC[C@H](c3ccccc3)c3ccccc32)c2ccccc2)c2n[nH]nc2n1. The summed E-state index contributed by atoms with van der Waals surface area (Å²) in [6.07, 6.45) is 5.74. The molecule has 0 aliphatic heterocycles. The van der Waals surface area contributed by atoms with Crippen LogP contribution < -0.4 is 5.73 Å². The molecule has 5 heteroatoms. The molecule has 1 aliphatic carbocycles. The average Bonchev–Trinajstić information content (AvgIpc) is 3.40. The number of pyridine rings is 1. The van der Waals surface area contributed by atoms with E-state index in [2.05, 4.69) is 105 Å². The first kappa shape index (κ1) is 22.5. The lowest BCUT2D eigenvalue weighted by Gasteiger charge is -2.32. The van der Waals surface area contributed by atoms with Crippen molar-refractivity contribution in [3.8, 4) is 0 Å². The van der Waals surface area contributed by atoms with Gasteiger partial charge in [0.05, 0.1) is 0 Å². The minimum atomic E-state index is 0.194. The van der Waals surface area contributed by atoms with Crippen LogP contribution in [0.3, 0.4) is 0 Å². The largest absolute Gasteiger partial charge is 0.384 e. The van der Waals surface area contributed by atoms with Crippen molar-refractivity contribution in [3.05, 3.63) is 119 Å². The van der Waals surface area contributed by atoms with Gasteiger partial charge in [0.2, 0.25) is 5.65 Å². The van der Waals surface area contributed by atoms with E-state index in [1.807, 2.05) is 6.07 Å². The third-order valence-electron chi connectivity index (χ3n) is 7.78. The van der Waals surface area contributed by atoms with E-state index in [-0.39, 0.29) is 5.92 Å². The summed E-state index contributed by atoms with van der Waals surface area (Å²) in [5.74, 6) is 1.77. The summed E-state index contributed by atoms with van der Waals surface area (Å²) in [6, 6.07) is 32.7. The molecule has 0 bridgehead atoms. The van der Waals surface area contributed by atoms with E-state index in [0.29, 0.717) is 23.3 Å². The van der Waals surface area contributed by atoms with Gasteiger partial charge in [-0.3, -0.25) is 0 Å². The Morgan fingerprint density at radius 1 is 0.833 bits per heavy atom. The van der Waals surface area contributed by atoms with Crippen LogP contribution in [0, 0.1) is 0 Å². The van der Waals surface area contributed by atoms with Crippen molar-refractivity contribution >= 4 is 17.0 Å². The van der Waals surface area contributed by atoms with Crippen LogP contribution in [0.15, 0.2) is 91.0 Å². The molecule has 5 nitrogen and oxygen atoms in total. The minimum Gasteiger partial charge on any atom is -0.384 e. The van der Waals surface area contributed by atoms with E-state index in [9.17, 15) is 0 Å². The number of hydrogen-bond acceptors (Lipinski definition) is 4. The number of fused-ring (bicyclic) bond motifs is 2. The predicted octanol–water partition coefficient (Wildman–Crippen LogP) is 6.95. The van der Waals surface area contributed by atoms with Gasteiger partial charge in [0.15, 0.2) is 0 Å². The molecule has 3 atom stereocenters. The molecular formula is C31H31N5. The van der Waals surface area contributed by atoms with Crippen LogP contribution in [0.2, 0.25) is 0 Å². The summed E-state index contributed by atoms with van der Waals surface area (Å²) < 4.78 is 0. The monoisotopic (exact) mass is 473 g/mol. The summed E-state index contributed by atoms with van der Waals surface area (Å²) in [7, 11) is 0. The van der Waals surface area contributed by atoms with E-state index in [1.54, 1.807) is 0 Å². The highest BCUT2D eigenvalue weighted by molar-refractivity contribution is 5.77. The zero-order valence-electron chi connectivity index (χ0n) is 20.3. The second kappa shape index (κ2) is 9.94. The molecule has 0 radical (unpaired) electrons. The summed E-state index contributed by atoms with van der Waals surface area (Å²) in [6.45, 7) is 0. The highest BCUT2D eigenvalue weighted by Crippen LogP contribution is 2.44. The van der Waals surface area contributed by atoms with Crippen molar-refractivity contribution in [2.45, 2.75) is 49.9 Å². The highest BCUT2D eigenvalue weighted by Gasteiger charge is 2.28. The lowest BCUT2D eigenvalue weighted by Crippen LogP contribution is -2.16. The van der Waals surface area contributed by atoms with Crippen LogP contribution in [0.25, 0.3) is 11.2 Å². The van der Waals surface area contributed by atoms with Crippen molar-refractivity contribution < 1.29 is 0 Å². The number of nitrogens with zero attached hydrogens (tertiary/aromatic N) is 3. The molecule has 0 saturated carbocycles. The number of H-pyrrole nitrogens is 1. The van der Waals surface area contributed by atoms with Gasteiger partial charge >= 0.3 is 0 Å². The third-order valence-corrected chi connectivity index (χ3v) is 7.78. The van der Waals surface area contributed by atoms with Crippen molar-refractivity contribution in [2.24, 2.45) is 0 Å². The van der Waals surface area contributed by atoms with Gasteiger partial charge in [0, 0.05) is 11.8 Å². The molecule has 0 saturated heterocycles. The standard InChI is InChI=1S/C31H31N5/c32-29-20-28(30-31(33-29)35-36-34-30)25(21-10-3-1-4-11-21)17-9-14-23-18-19-26(22-12-5-2-6-13-22)27-16-8-7-15-24(23)27/h1-8,10-13,15-16,20,23,25-26H,9,14,17-19H2,(H3,32,33,34,35,36)/t23-,25?,26+/m0/s1. The van der Waals surface area contributed by atoms with Crippen LogP contribution >= 0.6 is 0 Å². The highest BCUT2D eigenvalue weighted by atomic mass is 15.3. The Bertz CT molecular complexity index is 1440. The van der Waals surface area contributed by atoms with Crippen LogP contribution in [0.4, 0.5) is 5.82 Å². The van der Waals surface area contributed by atoms with Crippen LogP contribution in [-0.2, 0) is 0 Å². The summed E-state index contributed by atoms with van der Waals surface area (Å²) in [5, 5.41) is 11.3. The number of benzene rings is 3. The lowest BCUT2D eigenvalue weighted by molar-refractivity contribution is 0.466. The summed E-state index contributed by atoms with van der Waals surface area (Å²) >= 11 is 0. The fourth-order valence-corrected chi connectivity index (χ4v) is 6.11. The number of aromatic nitrogens is 4. The van der Waals surface area contributed by atoms with E-state index in [4.69, 9.17) is 5.73 Å². The Morgan fingerprint density at radius 3 is 2.36 bits per heavy atom. The topological polar surface area (TPSA) is 80.5 Å². The van der Waals surface area contributed by atoms with E-state index >= 15 is 0 Å². The summed E-state index contributed by atoms with van der Waals surface area (Å²) in [5.41, 5.74) is 14.4. The van der Waals surface area contributed by atoms with Gasteiger partial charge in [0.25, 0.3) is 0 Å². The fraction of sp³-hybridized carbons (Fsp3) is 0.258. The molecule has 0 amide bonds. The van der Waals surface area contributed by atoms with E-state index in [1.165, 1.54) is 41.5 Å². The molecule has 36 heavy (non-hydrogen) atoms. The molecule has 3 aromatic carbocycles. The van der Waals surface area contributed by atoms with E-state index in [0.717, 1.165) is 23.9 Å². The number of nitrogens with two attached hydrogens (primary N) is 1.